The maximum Gasteiger partial charge on any atom is 0.320 e. The van der Waals surface area contributed by atoms with Gasteiger partial charge >= 0.3 is 5.97 Å². The number of nitrogens with one attached hydrogen (secondary N) is 1. The summed E-state index contributed by atoms with van der Waals surface area (Å²) >= 11 is 0. The lowest BCUT2D eigenvalue weighted by atomic mass is 10.0. The Bertz CT molecular complexity index is 609. The third-order valence-electron chi connectivity index (χ3n) is 3.06. The van der Waals surface area contributed by atoms with Gasteiger partial charge in [0.15, 0.2) is 0 Å². The van der Waals surface area contributed by atoms with Gasteiger partial charge in [-0.3, -0.25) is 9.18 Å². The molecule has 6 heteroatoms. The van der Waals surface area contributed by atoms with Crippen LogP contribution in [0.15, 0.2) is 18.2 Å². The Morgan fingerprint density at radius 3 is 2.84 bits per heavy atom. The molecule has 1 heterocycles. The number of aromatic amines is 1. The van der Waals surface area contributed by atoms with E-state index in [2.05, 4.69) is 4.98 Å². The molecule has 1 unspecified atom stereocenters. The second kappa shape index (κ2) is 5.27. The van der Waals surface area contributed by atoms with Crippen molar-refractivity contribution in [3.8, 4) is 5.75 Å². The molecule has 0 fully saturated rings. The van der Waals surface area contributed by atoms with E-state index in [9.17, 15) is 14.3 Å². The van der Waals surface area contributed by atoms with Crippen LogP contribution in [-0.4, -0.2) is 33.9 Å². The number of hydrogen-bond acceptors (Lipinski definition) is 3. The molecule has 102 valence electrons. The number of aromatic nitrogens is 1. The highest BCUT2D eigenvalue weighted by Crippen LogP contribution is 2.27. The van der Waals surface area contributed by atoms with Gasteiger partial charge in [-0.25, -0.2) is 0 Å². The summed E-state index contributed by atoms with van der Waals surface area (Å²) in [7, 11) is 0. The largest absolute Gasteiger partial charge is 0.508 e. The monoisotopic (exact) mass is 265 g/mol. The lowest BCUT2D eigenvalue weighted by molar-refractivity contribution is -0.138. The van der Waals surface area contributed by atoms with Crippen LogP contribution in [0.1, 0.15) is 11.3 Å². The average molecular weight is 265 g/mol. The number of nitrogens with two attached hydrogens (primary N) is 1. The molecule has 0 bridgehead atoms. The zero-order chi connectivity index (χ0) is 14.0. The second-order valence-electron chi connectivity index (χ2n) is 4.40. The van der Waals surface area contributed by atoms with Crippen molar-refractivity contribution >= 4 is 16.9 Å². The standard InChI is InChI=1S/C13H15FN2O3/c14-4-3-12-9(6-10(15)13(18)19)8-5-7(17)1-2-11(8)16-12/h1-2,5,10,16-17H,3-4,6,15H2,(H,18,19)/i14-1. The Labute approximate surface area is 108 Å². The van der Waals surface area contributed by atoms with E-state index in [1.807, 2.05) is 0 Å². The van der Waals surface area contributed by atoms with Crippen LogP contribution in [0.25, 0.3) is 10.9 Å². The lowest BCUT2D eigenvalue weighted by Gasteiger charge is -2.07. The fourth-order valence-corrected chi connectivity index (χ4v) is 2.14. The number of phenolic OH excluding ortho intramolecular Hbond substituents is 1. The van der Waals surface area contributed by atoms with Gasteiger partial charge in [-0.1, -0.05) is 0 Å². The number of phenols is 1. The summed E-state index contributed by atoms with van der Waals surface area (Å²) in [5, 5.41) is 19.1. The van der Waals surface area contributed by atoms with Gasteiger partial charge in [-0.2, -0.15) is 0 Å². The van der Waals surface area contributed by atoms with Crippen molar-refractivity contribution in [3.05, 3.63) is 29.5 Å². The molecule has 1 atom stereocenters. The van der Waals surface area contributed by atoms with E-state index in [4.69, 9.17) is 10.8 Å². The number of alkyl halides is 1. The fourth-order valence-electron chi connectivity index (χ4n) is 2.14. The molecule has 0 aliphatic carbocycles. The molecule has 0 radical (unpaired) electrons. The van der Waals surface area contributed by atoms with Gasteiger partial charge in [0.05, 0.1) is 6.67 Å². The van der Waals surface area contributed by atoms with E-state index >= 15 is 0 Å². The number of H-pyrrole nitrogens is 1. The molecule has 5 nitrogen and oxygen atoms in total. The van der Waals surface area contributed by atoms with Crippen molar-refractivity contribution in [2.45, 2.75) is 18.9 Å². The molecule has 0 aliphatic rings. The van der Waals surface area contributed by atoms with Crippen LogP contribution in [0.3, 0.4) is 0 Å². The van der Waals surface area contributed by atoms with Crippen LogP contribution in [0, 0.1) is 0 Å². The number of fused-ring (bicyclic) bond motifs is 1. The van der Waals surface area contributed by atoms with Crippen molar-refractivity contribution in [1.82, 2.24) is 4.98 Å². The van der Waals surface area contributed by atoms with E-state index in [0.29, 0.717) is 16.6 Å². The number of benzene rings is 1. The van der Waals surface area contributed by atoms with E-state index in [-0.39, 0.29) is 18.6 Å². The summed E-state index contributed by atoms with van der Waals surface area (Å²) < 4.78 is 12.5. The Morgan fingerprint density at radius 1 is 1.47 bits per heavy atom. The van der Waals surface area contributed by atoms with E-state index < -0.39 is 18.7 Å². The van der Waals surface area contributed by atoms with E-state index in [1.165, 1.54) is 12.1 Å². The lowest BCUT2D eigenvalue weighted by Crippen LogP contribution is -2.32. The molecular weight excluding hydrogens is 250 g/mol. The van der Waals surface area contributed by atoms with Crippen LogP contribution in [0.4, 0.5) is 4.39 Å². The van der Waals surface area contributed by atoms with Crippen LogP contribution < -0.4 is 5.73 Å². The summed E-state index contributed by atoms with van der Waals surface area (Å²) in [6, 6.07) is 3.65. The van der Waals surface area contributed by atoms with E-state index in [0.717, 1.165) is 5.52 Å². The fraction of sp³-hybridized carbons (Fsp3) is 0.308. The summed E-state index contributed by atoms with van der Waals surface area (Å²) in [6.45, 7) is -0.548. The third kappa shape index (κ3) is 2.68. The molecule has 19 heavy (non-hydrogen) atoms. The number of aryl methyl sites for hydroxylation is 1. The Morgan fingerprint density at radius 2 is 2.21 bits per heavy atom. The SMILES string of the molecule is NC(Cc1c(CC[18F])[nH]c2ccc(O)cc12)C(=O)O. The molecule has 5 N–H and O–H groups in total. The topological polar surface area (TPSA) is 99.3 Å². The first-order valence-electron chi connectivity index (χ1n) is 5.89. The number of carbonyl (C=O) groups is 1. The van der Waals surface area contributed by atoms with Crippen LogP contribution in [-0.2, 0) is 17.6 Å². The van der Waals surface area contributed by atoms with Gasteiger partial charge in [0.1, 0.15) is 11.8 Å². The average Bonchev–Trinajstić information content (AvgIpc) is 2.68. The molecule has 1 aromatic heterocycles. The first kappa shape index (κ1) is 13.4. The van der Waals surface area contributed by atoms with Crippen molar-refractivity contribution in [1.29, 1.82) is 0 Å². The molecular formula is C13H15FN2O3. The minimum absolute atomic E-state index is 0.0726. The summed E-state index contributed by atoms with van der Waals surface area (Å²) in [5.74, 6) is -1.04. The zero-order valence-electron chi connectivity index (χ0n) is 10.2. The first-order valence-corrected chi connectivity index (χ1v) is 5.89. The Kier molecular flexibility index (Phi) is 3.71. The quantitative estimate of drug-likeness (QED) is 0.655. The molecule has 0 amide bonds. The predicted molar refractivity (Wildman–Crippen MR) is 69.0 cm³/mol. The molecule has 2 aromatic rings. The highest BCUT2D eigenvalue weighted by Gasteiger charge is 2.18. The van der Waals surface area contributed by atoms with E-state index in [1.54, 1.807) is 6.07 Å². The highest BCUT2D eigenvalue weighted by atomic mass is 18.2. The minimum Gasteiger partial charge on any atom is -0.508 e. The number of aromatic hydroxyl groups is 1. The van der Waals surface area contributed by atoms with Crippen molar-refractivity contribution < 1.29 is 19.4 Å². The smallest absolute Gasteiger partial charge is 0.320 e. The Balaban J connectivity index is 2.50. The normalized spacial score (nSPS) is 12.7. The molecule has 0 spiro atoms. The maximum absolute atomic E-state index is 12.5. The van der Waals surface area contributed by atoms with Gasteiger partial charge in [-0.15, -0.1) is 0 Å². The number of hydrogen-bond donors (Lipinski definition) is 4. The molecule has 2 rings (SSSR count). The number of carboxylic acid groups (broad SMARTS) is 1. The number of halogens is 1. The third-order valence-corrected chi connectivity index (χ3v) is 3.06. The molecule has 0 saturated heterocycles. The number of rotatable bonds is 5. The number of aliphatic carboxylic acids is 1. The summed E-state index contributed by atoms with van der Waals surface area (Å²) in [6.07, 6.45) is 0.255. The Hall–Kier alpha value is -2.08. The van der Waals surface area contributed by atoms with Gasteiger partial charge in [0.2, 0.25) is 0 Å². The molecule has 0 saturated carbocycles. The number of carboxylic acids is 1. The highest BCUT2D eigenvalue weighted by molar-refractivity contribution is 5.87. The van der Waals surface area contributed by atoms with Crippen LogP contribution >= 0.6 is 0 Å². The van der Waals surface area contributed by atoms with Crippen molar-refractivity contribution in [2.75, 3.05) is 6.67 Å². The van der Waals surface area contributed by atoms with Crippen LogP contribution in [0.2, 0.25) is 0 Å². The predicted octanol–water partition coefficient (Wildman–Crippen LogP) is 1.34. The first-order chi connectivity index (χ1) is 9.02. The zero-order valence-corrected chi connectivity index (χ0v) is 10.2. The van der Waals surface area contributed by atoms with Crippen LogP contribution in [0.5, 0.6) is 5.75 Å². The molecule has 0 aliphatic heterocycles. The van der Waals surface area contributed by atoms with Gasteiger partial charge in [-0.05, 0) is 23.8 Å². The minimum atomic E-state index is -1.11. The van der Waals surface area contributed by atoms with Gasteiger partial charge in [0, 0.05) is 29.4 Å². The van der Waals surface area contributed by atoms with Gasteiger partial charge < -0.3 is 20.9 Å². The second-order valence-corrected chi connectivity index (χ2v) is 4.40. The molecule has 1 aromatic carbocycles. The maximum atomic E-state index is 12.5. The summed E-state index contributed by atoms with van der Waals surface area (Å²) in [4.78, 5) is 13.9. The van der Waals surface area contributed by atoms with Gasteiger partial charge in [0.25, 0.3) is 0 Å². The van der Waals surface area contributed by atoms with Crippen molar-refractivity contribution in [2.24, 2.45) is 5.73 Å². The summed E-state index contributed by atoms with van der Waals surface area (Å²) in [5.41, 5.74) is 7.54. The van der Waals surface area contributed by atoms with Crippen molar-refractivity contribution in [3.63, 3.8) is 0 Å².